The van der Waals surface area contributed by atoms with Crippen molar-refractivity contribution in [2.45, 2.75) is 58.5 Å². The second-order valence-corrected chi connectivity index (χ2v) is 11.2. The van der Waals surface area contributed by atoms with E-state index in [-0.39, 0.29) is 17.3 Å². The minimum absolute atomic E-state index is 0.101. The molecule has 7 nitrogen and oxygen atoms in total. The van der Waals surface area contributed by atoms with Gasteiger partial charge in [-0.25, -0.2) is 8.42 Å². The number of para-hydroxylation sites is 1. The van der Waals surface area contributed by atoms with Crippen LogP contribution in [-0.4, -0.2) is 44.3 Å². The van der Waals surface area contributed by atoms with E-state index in [9.17, 15) is 18.0 Å². The fraction of sp³-hybridized carbons (Fsp3) is 0.333. The van der Waals surface area contributed by atoms with Crippen molar-refractivity contribution >= 4 is 27.5 Å². The molecule has 0 bridgehead atoms. The highest BCUT2D eigenvalue weighted by molar-refractivity contribution is 7.92. The Balaban J connectivity index is 2.06. The van der Waals surface area contributed by atoms with Crippen molar-refractivity contribution in [3.63, 3.8) is 0 Å². The molecule has 0 aliphatic rings. The molecule has 0 aliphatic carbocycles. The molecule has 0 spiro atoms. The van der Waals surface area contributed by atoms with E-state index in [0.29, 0.717) is 18.7 Å². The van der Waals surface area contributed by atoms with Crippen LogP contribution in [0, 0.1) is 13.8 Å². The number of benzene rings is 3. The number of aryl methyl sites for hydroxylation is 3. The average Bonchev–Trinajstić information content (AvgIpc) is 2.91. The van der Waals surface area contributed by atoms with Gasteiger partial charge in [0.1, 0.15) is 12.6 Å². The Morgan fingerprint density at radius 1 is 0.868 bits per heavy atom. The maximum Gasteiger partial charge on any atom is 0.264 e. The quantitative estimate of drug-likeness (QED) is 0.388. The molecule has 0 radical (unpaired) electrons. The summed E-state index contributed by atoms with van der Waals surface area (Å²) in [6, 6.07) is 20.7. The van der Waals surface area contributed by atoms with Crippen LogP contribution < -0.4 is 9.62 Å². The van der Waals surface area contributed by atoms with Crippen LogP contribution >= 0.6 is 0 Å². The van der Waals surface area contributed by atoms with Gasteiger partial charge in [-0.15, -0.1) is 0 Å². The van der Waals surface area contributed by atoms with Crippen LogP contribution in [0.5, 0.6) is 0 Å². The van der Waals surface area contributed by atoms with E-state index < -0.39 is 28.5 Å². The molecule has 202 valence electrons. The van der Waals surface area contributed by atoms with Gasteiger partial charge in [-0.3, -0.25) is 13.9 Å². The molecule has 2 amide bonds. The van der Waals surface area contributed by atoms with Gasteiger partial charge in [0.05, 0.1) is 10.6 Å². The third-order valence-corrected chi connectivity index (χ3v) is 8.29. The summed E-state index contributed by atoms with van der Waals surface area (Å²) in [4.78, 5) is 28.3. The van der Waals surface area contributed by atoms with Crippen LogP contribution in [0.15, 0.2) is 77.7 Å². The summed E-state index contributed by atoms with van der Waals surface area (Å²) in [6.45, 7) is 9.43. The smallest absolute Gasteiger partial charge is 0.264 e. The normalized spacial score (nSPS) is 12.0. The number of nitrogens with one attached hydrogen (secondary N) is 1. The van der Waals surface area contributed by atoms with Crippen molar-refractivity contribution < 1.29 is 18.0 Å². The molecule has 0 saturated carbocycles. The SMILES string of the molecule is CCNC(=O)[C@@H](C)N(Cc1ccc(C)cc1)C(=O)CN(c1ccccc1CC)S(=O)(=O)c1ccc(C)cc1. The molecule has 0 aromatic heterocycles. The van der Waals surface area contributed by atoms with Crippen molar-refractivity contribution in [2.75, 3.05) is 17.4 Å². The summed E-state index contributed by atoms with van der Waals surface area (Å²) < 4.78 is 29.1. The van der Waals surface area contributed by atoms with Crippen LogP contribution in [0.4, 0.5) is 5.69 Å². The van der Waals surface area contributed by atoms with Gasteiger partial charge >= 0.3 is 0 Å². The predicted octanol–water partition coefficient (Wildman–Crippen LogP) is 4.61. The summed E-state index contributed by atoms with van der Waals surface area (Å²) >= 11 is 0. The Morgan fingerprint density at radius 2 is 1.45 bits per heavy atom. The molecule has 0 fully saturated rings. The van der Waals surface area contributed by atoms with Gasteiger partial charge in [-0.1, -0.05) is 72.6 Å². The summed E-state index contributed by atoms with van der Waals surface area (Å²) in [7, 11) is -4.08. The summed E-state index contributed by atoms with van der Waals surface area (Å²) in [5.74, 6) is -0.763. The minimum Gasteiger partial charge on any atom is -0.355 e. The number of anilines is 1. The lowest BCUT2D eigenvalue weighted by Gasteiger charge is -2.32. The van der Waals surface area contributed by atoms with Crippen LogP contribution in [-0.2, 0) is 32.6 Å². The fourth-order valence-electron chi connectivity index (χ4n) is 4.20. The Labute approximate surface area is 226 Å². The van der Waals surface area contributed by atoms with Gasteiger partial charge in [0.25, 0.3) is 10.0 Å². The lowest BCUT2D eigenvalue weighted by atomic mass is 10.1. The summed E-state index contributed by atoms with van der Waals surface area (Å²) in [5, 5.41) is 2.78. The van der Waals surface area contributed by atoms with E-state index in [4.69, 9.17) is 0 Å². The molecule has 38 heavy (non-hydrogen) atoms. The van der Waals surface area contributed by atoms with Crippen molar-refractivity contribution in [2.24, 2.45) is 0 Å². The molecule has 0 unspecified atom stereocenters. The molecule has 8 heteroatoms. The Hall–Kier alpha value is -3.65. The van der Waals surface area contributed by atoms with Gasteiger partial charge in [0, 0.05) is 13.1 Å². The topological polar surface area (TPSA) is 86.8 Å². The predicted molar refractivity (Wildman–Crippen MR) is 151 cm³/mol. The zero-order valence-corrected chi connectivity index (χ0v) is 23.6. The molecular weight excluding hydrogens is 498 g/mol. The Bertz CT molecular complexity index is 1350. The lowest BCUT2D eigenvalue weighted by molar-refractivity contribution is -0.139. The first-order valence-electron chi connectivity index (χ1n) is 12.9. The van der Waals surface area contributed by atoms with Crippen molar-refractivity contribution in [1.29, 1.82) is 0 Å². The molecule has 3 rings (SSSR count). The van der Waals surface area contributed by atoms with E-state index in [0.717, 1.165) is 22.3 Å². The molecular formula is C30H37N3O4S. The number of rotatable bonds is 11. The van der Waals surface area contributed by atoms with Crippen molar-refractivity contribution in [3.05, 3.63) is 95.1 Å². The number of hydrogen-bond acceptors (Lipinski definition) is 4. The van der Waals surface area contributed by atoms with Gasteiger partial charge in [-0.2, -0.15) is 0 Å². The molecule has 1 N–H and O–H groups in total. The second-order valence-electron chi connectivity index (χ2n) is 9.38. The van der Waals surface area contributed by atoms with Crippen LogP contribution in [0.25, 0.3) is 0 Å². The zero-order chi connectivity index (χ0) is 27.9. The monoisotopic (exact) mass is 535 g/mol. The van der Waals surface area contributed by atoms with Gasteiger partial charge in [-0.05, 0) is 63.4 Å². The van der Waals surface area contributed by atoms with Crippen LogP contribution in [0.2, 0.25) is 0 Å². The first-order chi connectivity index (χ1) is 18.1. The standard InChI is InChI=1S/C30H37N3O4S/c1-6-26-10-8-9-11-28(26)33(38(36,37)27-18-14-23(4)15-19-27)21-29(34)32(24(5)30(35)31-7-2)20-25-16-12-22(3)13-17-25/h8-19,24H,6-7,20-21H2,1-5H3,(H,31,35)/t24-/m1/s1. The maximum atomic E-state index is 13.9. The van der Waals surface area contributed by atoms with Gasteiger partial charge in [0.2, 0.25) is 11.8 Å². The van der Waals surface area contributed by atoms with E-state index in [1.165, 1.54) is 9.21 Å². The number of carbonyl (C=O) groups is 2. The zero-order valence-electron chi connectivity index (χ0n) is 22.8. The van der Waals surface area contributed by atoms with E-state index >= 15 is 0 Å². The largest absolute Gasteiger partial charge is 0.355 e. The van der Waals surface area contributed by atoms with E-state index in [2.05, 4.69) is 5.32 Å². The number of carbonyl (C=O) groups excluding carboxylic acids is 2. The first-order valence-corrected chi connectivity index (χ1v) is 14.3. The number of likely N-dealkylation sites (N-methyl/N-ethyl adjacent to an activating group) is 1. The highest BCUT2D eigenvalue weighted by Crippen LogP contribution is 2.28. The average molecular weight is 536 g/mol. The second kappa shape index (κ2) is 12.7. The Kier molecular flexibility index (Phi) is 9.69. The van der Waals surface area contributed by atoms with Crippen molar-refractivity contribution in [3.8, 4) is 0 Å². The van der Waals surface area contributed by atoms with Crippen LogP contribution in [0.3, 0.4) is 0 Å². The molecule has 0 aliphatic heterocycles. The number of sulfonamides is 1. The molecule has 0 saturated heterocycles. The highest BCUT2D eigenvalue weighted by atomic mass is 32.2. The first kappa shape index (κ1) is 28.9. The number of amides is 2. The Morgan fingerprint density at radius 3 is 2.03 bits per heavy atom. The van der Waals surface area contributed by atoms with E-state index in [1.807, 2.05) is 64.1 Å². The highest BCUT2D eigenvalue weighted by Gasteiger charge is 2.33. The number of nitrogens with zero attached hydrogens (tertiary/aromatic N) is 2. The lowest BCUT2D eigenvalue weighted by Crippen LogP contribution is -2.51. The van der Waals surface area contributed by atoms with Crippen LogP contribution in [0.1, 0.15) is 43.0 Å². The molecule has 3 aromatic carbocycles. The molecule has 3 aromatic rings. The third kappa shape index (κ3) is 6.81. The van der Waals surface area contributed by atoms with Gasteiger partial charge < -0.3 is 10.2 Å². The van der Waals surface area contributed by atoms with E-state index in [1.54, 1.807) is 43.3 Å². The summed E-state index contributed by atoms with van der Waals surface area (Å²) in [6.07, 6.45) is 0.590. The number of hydrogen-bond donors (Lipinski definition) is 1. The van der Waals surface area contributed by atoms with Crippen molar-refractivity contribution in [1.82, 2.24) is 10.2 Å². The molecule has 1 atom stereocenters. The maximum absolute atomic E-state index is 13.9. The fourth-order valence-corrected chi connectivity index (χ4v) is 5.65. The third-order valence-electron chi connectivity index (χ3n) is 6.52. The summed E-state index contributed by atoms with van der Waals surface area (Å²) in [5.41, 5.74) is 4.11. The van der Waals surface area contributed by atoms with Gasteiger partial charge in [0.15, 0.2) is 0 Å². The minimum atomic E-state index is -4.08. The molecule has 0 heterocycles.